The molecule has 1 atom stereocenters. The second-order valence-corrected chi connectivity index (χ2v) is 3.99. The van der Waals surface area contributed by atoms with Crippen LogP contribution in [0.2, 0.25) is 0 Å². The molecule has 1 aromatic rings. The van der Waals surface area contributed by atoms with E-state index in [4.69, 9.17) is 9.84 Å². The van der Waals surface area contributed by atoms with Crippen LogP contribution in [0.5, 0.6) is 5.75 Å². The monoisotopic (exact) mass is 265 g/mol. The van der Waals surface area contributed by atoms with Crippen LogP contribution in [0.25, 0.3) is 6.08 Å². The van der Waals surface area contributed by atoms with E-state index in [-0.39, 0.29) is 11.8 Å². The number of non-ortho nitro benzene ring substituents is 1. The first-order valence-corrected chi connectivity index (χ1v) is 5.80. The lowest BCUT2D eigenvalue weighted by Gasteiger charge is -2.14. The normalized spacial score (nSPS) is 12.3. The number of ether oxygens (including phenoxy) is 1. The molecule has 0 aromatic heterocycles. The molecule has 102 valence electrons. The van der Waals surface area contributed by atoms with E-state index < -0.39 is 10.9 Å². The van der Waals surface area contributed by atoms with Gasteiger partial charge >= 0.3 is 5.97 Å². The smallest absolute Gasteiger partial charge is 0.328 e. The van der Waals surface area contributed by atoms with E-state index in [1.807, 2.05) is 13.8 Å². The first kappa shape index (κ1) is 14.7. The lowest BCUT2D eigenvalue weighted by molar-refractivity contribution is -0.384. The highest BCUT2D eigenvalue weighted by Gasteiger charge is 2.12. The van der Waals surface area contributed by atoms with Crippen molar-refractivity contribution in [2.75, 3.05) is 0 Å². The molecule has 0 radical (unpaired) electrons. The Bertz CT molecular complexity index is 510. The first-order chi connectivity index (χ1) is 8.93. The number of carboxylic acids is 1. The van der Waals surface area contributed by atoms with Gasteiger partial charge in [-0.3, -0.25) is 10.1 Å². The predicted octanol–water partition coefficient (Wildman–Crippen LogP) is 2.87. The van der Waals surface area contributed by atoms with Crippen LogP contribution in [-0.4, -0.2) is 22.1 Å². The minimum absolute atomic E-state index is 0.0570. The zero-order valence-corrected chi connectivity index (χ0v) is 10.7. The minimum atomic E-state index is -1.12. The number of hydrogen-bond donors (Lipinski definition) is 1. The standard InChI is InChI=1S/C13H15NO5/c1-3-9(2)19-12-6-5-11(14(17)18)8-10(12)4-7-13(15)16/h4-9H,3H2,1-2H3,(H,15,16)/b7-4+. The van der Waals surface area contributed by atoms with Crippen LogP contribution in [0.4, 0.5) is 5.69 Å². The minimum Gasteiger partial charge on any atom is -0.490 e. The molecule has 0 aliphatic carbocycles. The number of aliphatic carboxylic acids is 1. The van der Waals surface area contributed by atoms with Gasteiger partial charge in [0, 0.05) is 23.8 Å². The maximum atomic E-state index is 10.7. The van der Waals surface area contributed by atoms with Crippen molar-refractivity contribution in [2.24, 2.45) is 0 Å². The third kappa shape index (κ3) is 4.42. The highest BCUT2D eigenvalue weighted by Crippen LogP contribution is 2.26. The number of hydrogen-bond acceptors (Lipinski definition) is 4. The van der Waals surface area contributed by atoms with Gasteiger partial charge in [0.25, 0.3) is 5.69 Å². The first-order valence-electron chi connectivity index (χ1n) is 5.80. The van der Waals surface area contributed by atoms with Gasteiger partial charge in [0.1, 0.15) is 5.75 Å². The maximum Gasteiger partial charge on any atom is 0.328 e. The molecule has 19 heavy (non-hydrogen) atoms. The molecule has 1 rings (SSSR count). The Morgan fingerprint density at radius 1 is 1.58 bits per heavy atom. The number of benzene rings is 1. The van der Waals surface area contributed by atoms with E-state index in [0.717, 1.165) is 12.5 Å². The molecule has 1 N–H and O–H groups in total. The Morgan fingerprint density at radius 2 is 2.26 bits per heavy atom. The summed E-state index contributed by atoms with van der Waals surface area (Å²) in [6.07, 6.45) is 2.92. The van der Waals surface area contributed by atoms with Crippen LogP contribution >= 0.6 is 0 Å². The van der Waals surface area contributed by atoms with Crippen molar-refractivity contribution >= 4 is 17.7 Å². The van der Waals surface area contributed by atoms with Crippen LogP contribution in [0.15, 0.2) is 24.3 Å². The van der Waals surface area contributed by atoms with Gasteiger partial charge in [0.15, 0.2) is 0 Å². The second-order valence-electron chi connectivity index (χ2n) is 3.99. The lowest BCUT2D eigenvalue weighted by Crippen LogP contribution is -2.10. The van der Waals surface area contributed by atoms with Crippen molar-refractivity contribution in [1.29, 1.82) is 0 Å². The van der Waals surface area contributed by atoms with E-state index in [1.54, 1.807) is 0 Å². The highest BCUT2D eigenvalue weighted by molar-refractivity contribution is 5.86. The van der Waals surface area contributed by atoms with Gasteiger partial charge in [0.2, 0.25) is 0 Å². The van der Waals surface area contributed by atoms with Crippen molar-refractivity contribution in [3.05, 3.63) is 40.0 Å². The van der Waals surface area contributed by atoms with Crippen molar-refractivity contribution < 1.29 is 19.6 Å². The van der Waals surface area contributed by atoms with Gasteiger partial charge in [-0.05, 0) is 25.5 Å². The summed E-state index contributed by atoms with van der Waals surface area (Å²) in [6.45, 7) is 3.81. The highest BCUT2D eigenvalue weighted by atomic mass is 16.6. The molecule has 0 heterocycles. The molecule has 0 bridgehead atoms. The van der Waals surface area contributed by atoms with Gasteiger partial charge in [0.05, 0.1) is 11.0 Å². The molecule has 0 saturated heterocycles. The number of nitro groups is 1. The SMILES string of the molecule is CCC(C)Oc1ccc([N+](=O)[O-])cc1/C=C/C(=O)O. The van der Waals surface area contributed by atoms with Gasteiger partial charge in [-0.25, -0.2) is 4.79 Å². The molecule has 1 aromatic carbocycles. The summed E-state index contributed by atoms with van der Waals surface area (Å²) in [5.41, 5.74) is 0.262. The van der Waals surface area contributed by atoms with Crippen molar-refractivity contribution in [1.82, 2.24) is 0 Å². The summed E-state index contributed by atoms with van der Waals surface area (Å²) in [4.78, 5) is 20.7. The molecular formula is C13H15NO5. The van der Waals surface area contributed by atoms with Gasteiger partial charge in [-0.15, -0.1) is 0 Å². The third-order valence-corrected chi connectivity index (χ3v) is 2.51. The number of nitrogens with zero attached hydrogens (tertiary/aromatic N) is 1. The van der Waals surface area contributed by atoms with E-state index in [2.05, 4.69) is 0 Å². The average molecular weight is 265 g/mol. The second kappa shape index (κ2) is 6.53. The largest absolute Gasteiger partial charge is 0.490 e. The Kier molecular flexibility index (Phi) is 5.05. The zero-order chi connectivity index (χ0) is 14.4. The fourth-order valence-electron chi connectivity index (χ4n) is 1.35. The molecule has 0 fully saturated rings. The summed E-state index contributed by atoms with van der Waals surface area (Å²) in [7, 11) is 0. The molecule has 6 heteroatoms. The number of carboxylic acid groups (broad SMARTS) is 1. The van der Waals surface area contributed by atoms with Crippen LogP contribution in [0.3, 0.4) is 0 Å². The molecule has 1 unspecified atom stereocenters. The summed E-state index contributed by atoms with van der Waals surface area (Å²) in [5, 5.41) is 19.3. The number of rotatable bonds is 6. The fourth-order valence-corrected chi connectivity index (χ4v) is 1.35. The van der Waals surface area contributed by atoms with Crippen molar-refractivity contribution in [3.8, 4) is 5.75 Å². The van der Waals surface area contributed by atoms with E-state index >= 15 is 0 Å². The number of nitro benzene ring substituents is 1. The molecule has 0 amide bonds. The van der Waals surface area contributed by atoms with Gasteiger partial charge < -0.3 is 9.84 Å². The van der Waals surface area contributed by atoms with Crippen LogP contribution in [0.1, 0.15) is 25.8 Å². The lowest BCUT2D eigenvalue weighted by atomic mass is 10.1. The Labute approximate surface area is 110 Å². The topological polar surface area (TPSA) is 89.7 Å². The molecule has 0 spiro atoms. The third-order valence-electron chi connectivity index (χ3n) is 2.51. The molecule has 0 aliphatic heterocycles. The summed E-state index contributed by atoms with van der Waals surface area (Å²) >= 11 is 0. The number of carbonyl (C=O) groups is 1. The van der Waals surface area contributed by atoms with Crippen LogP contribution in [-0.2, 0) is 4.79 Å². The molecule has 0 saturated carbocycles. The summed E-state index contributed by atoms with van der Waals surface area (Å²) in [6, 6.07) is 4.10. The van der Waals surface area contributed by atoms with E-state index in [1.165, 1.54) is 24.3 Å². The average Bonchev–Trinajstić information content (AvgIpc) is 2.36. The van der Waals surface area contributed by atoms with Crippen molar-refractivity contribution in [2.45, 2.75) is 26.4 Å². The maximum absolute atomic E-state index is 10.7. The van der Waals surface area contributed by atoms with Crippen LogP contribution < -0.4 is 4.74 Å². The quantitative estimate of drug-likeness (QED) is 0.485. The zero-order valence-electron chi connectivity index (χ0n) is 10.7. The Balaban J connectivity index is 3.14. The molecular weight excluding hydrogens is 250 g/mol. The molecule has 6 nitrogen and oxygen atoms in total. The molecule has 0 aliphatic rings. The van der Waals surface area contributed by atoms with Crippen LogP contribution in [0, 0.1) is 10.1 Å². The summed E-state index contributed by atoms with van der Waals surface area (Å²) in [5.74, 6) is -0.696. The fraction of sp³-hybridized carbons (Fsp3) is 0.308. The Morgan fingerprint density at radius 3 is 2.79 bits per heavy atom. The summed E-state index contributed by atoms with van der Waals surface area (Å²) < 4.78 is 5.59. The predicted molar refractivity (Wildman–Crippen MR) is 70.1 cm³/mol. The Hall–Kier alpha value is -2.37. The van der Waals surface area contributed by atoms with Crippen molar-refractivity contribution in [3.63, 3.8) is 0 Å². The van der Waals surface area contributed by atoms with Gasteiger partial charge in [-0.1, -0.05) is 6.92 Å². The van der Waals surface area contributed by atoms with Gasteiger partial charge in [-0.2, -0.15) is 0 Å². The van der Waals surface area contributed by atoms with E-state index in [0.29, 0.717) is 11.3 Å². The van der Waals surface area contributed by atoms with E-state index in [9.17, 15) is 14.9 Å².